The molecule has 8 heteroatoms. The molecule has 0 saturated heterocycles. The van der Waals surface area contributed by atoms with E-state index in [9.17, 15) is 13.6 Å². The molecule has 0 spiro atoms. The summed E-state index contributed by atoms with van der Waals surface area (Å²) < 4.78 is 28.4. The summed E-state index contributed by atoms with van der Waals surface area (Å²) >= 11 is 0. The summed E-state index contributed by atoms with van der Waals surface area (Å²) in [4.78, 5) is 23.7. The van der Waals surface area contributed by atoms with E-state index in [2.05, 4.69) is 20.3 Å². The van der Waals surface area contributed by atoms with E-state index in [1.165, 1.54) is 6.33 Å². The van der Waals surface area contributed by atoms with E-state index in [1.54, 1.807) is 25.4 Å². The maximum Gasteiger partial charge on any atom is 0.341 e. The summed E-state index contributed by atoms with van der Waals surface area (Å²) in [6.07, 6.45) is 3.50. The monoisotopic (exact) mass is 370 g/mol. The summed E-state index contributed by atoms with van der Waals surface area (Å²) in [7, 11) is 1.74. The Hall–Kier alpha value is -3.42. The number of nitrogens with one attached hydrogen (secondary N) is 1. The molecule has 3 aromatic rings. The Balaban J connectivity index is 2.23. The van der Waals surface area contributed by atoms with Crippen LogP contribution < -0.4 is 5.32 Å². The highest BCUT2D eigenvalue weighted by Crippen LogP contribution is 2.34. The first-order valence-corrected chi connectivity index (χ1v) is 8.17. The lowest BCUT2D eigenvalue weighted by atomic mass is 9.96. The van der Waals surface area contributed by atoms with Crippen LogP contribution in [0.15, 0.2) is 36.8 Å². The summed E-state index contributed by atoms with van der Waals surface area (Å²) in [5.74, 6) is -3.33. The van der Waals surface area contributed by atoms with Crippen LogP contribution in [0.25, 0.3) is 22.4 Å². The van der Waals surface area contributed by atoms with Crippen molar-refractivity contribution in [2.24, 2.45) is 0 Å². The second-order valence-corrected chi connectivity index (χ2v) is 5.70. The number of pyridine rings is 1. The van der Waals surface area contributed by atoms with Crippen LogP contribution >= 0.6 is 0 Å². The van der Waals surface area contributed by atoms with Crippen molar-refractivity contribution >= 4 is 11.8 Å². The molecule has 2 N–H and O–H groups in total. The van der Waals surface area contributed by atoms with Crippen LogP contribution in [-0.2, 0) is 6.42 Å². The third-order valence-electron chi connectivity index (χ3n) is 4.10. The highest BCUT2D eigenvalue weighted by Gasteiger charge is 2.21. The molecule has 138 valence electrons. The zero-order valence-corrected chi connectivity index (χ0v) is 14.6. The zero-order chi connectivity index (χ0) is 19.6. The van der Waals surface area contributed by atoms with Crippen molar-refractivity contribution in [3.8, 4) is 22.4 Å². The smallest absolute Gasteiger partial charge is 0.341 e. The number of carboxylic acid groups (broad SMARTS) is 1. The van der Waals surface area contributed by atoms with Crippen LogP contribution in [0.1, 0.15) is 23.0 Å². The number of benzene rings is 1. The maximum absolute atomic E-state index is 14.2. The molecule has 0 saturated carbocycles. The fourth-order valence-electron chi connectivity index (χ4n) is 2.82. The van der Waals surface area contributed by atoms with Gasteiger partial charge in [0.2, 0.25) is 0 Å². The van der Waals surface area contributed by atoms with E-state index >= 15 is 0 Å². The van der Waals surface area contributed by atoms with E-state index in [0.717, 1.165) is 12.1 Å². The molecule has 3 rings (SSSR count). The van der Waals surface area contributed by atoms with Crippen LogP contribution in [-0.4, -0.2) is 33.1 Å². The molecule has 0 amide bonds. The molecule has 6 nitrogen and oxygen atoms in total. The van der Waals surface area contributed by atoms with Crippen molar-refractivity contribution in [2.45, 2.75) is 13.3 Å². The van der Waals surface area contributed by atoms with Gasteiger partial charge in [0.25, 0.3) is 0 Å². The summed E-state index contributed by atoms with van der Waals surface area (Å²) in [6.45, 7) is 1.90. The Morgan fingerprint density at radius 1 is 1.11 bits per heavy atom. The SMILES string of the molecule is CCc1ncnc(-c2cc(F)c(C(=O)O)c(F)c2)c1-c1ccc(NC)nc1. The lowest BCUT2D eigenvalue weighted by molar-refractivity contribution is 0.0686. The van der Waals surface area contributed by atoms with Gasteiger partial charge in [0.05, 0.1) is 11.4 Å². The van der Waals surface area contributed by atoms with Gasteiger partial charge in [-0.1, -0.05) is 6.92 Å². The van der Waals surface area contributed by atoms with Crippen molar-refractivity contribution in [1.29, 1.82) is 0 Å². The van der Waals surface area contributed by atoms with Crippen LogP contribution in [0.3, 0.4) is 0 Å². The Bertz CT molecular complexity index is 984. The number of halogens is 2. The standard InChI is InChI=1S/C19H16F2N4O2/c1-3-14-16(10-4-5-15(22-2)23-8-10)18(25-9-24-14)11-6-12(20)17(19(26)27)13(21)7-11/h4-9H,3H2,1-2H3,(H,22,23)(H,26,27). The zero-order valence-electron chi connectivity index (χ0n) is 14.6. The molecular weight excluding hydrogens is 354 g/mol. The number of nitrogens with zero attached hydrogens (tertiary/aromatic N) is 3. The first-order chi connectivity index (χ1) is 13.0. The number of anilines is 1. The molecule has 0 fully saturated rings. The number of hydrogen-bond acceptors (Lipinski definition) is 5. The predicted octanol–water partition coefficient (Wildman–Crippen LogP) is 3.79. The number of aromatic carboxylic acids is 1. The topological polar surface area (TPSA) is 88.0 Å². The van der Waals surface area contributed by atoms with Crippen LogP contribution in [0.4, 0.5) is 14.6 Å². The molecule has 0 aliphatic carbocycles. The lowest BCUT2D eigenvalue weighted by Crippen LogP contribution is -2.06. The normalized spacial score (nSPS) is 10.7. The molecule has 27 heavy (non-hydrogen) atoms. The minimum Gasteiger partial charge on any atom is -0.477 e. The van der Waals surface area contributed by atoms with Gasteiger partial charge in [-0.3, -0.25) is 0 Å². The number of aryl methyl sites for hydroxylation is 1. The van der Waals surface area contributed by atoms with Crippen molar-refractivity contribution < 1.29 is 18.7 Å². The minimum atomic E-state index is -1.67. The third-order valence-corrected chi connectivity index (χ3v) is 4.10. The molecule has 2 heterocycles. The Kier molecular flexibility index (Phi) is 5.07. The van der Waals surface area contributed by atoms with Gasteiger partial charge in [0.15, 0.2) is 0 Å². The van der Waals surface area contributed by atoms with E-state index in [4.69, 9.17) is 5.11 Å². The van der Waals surface area contributed by atoms with E-state index < -0.39 is 23.2 Å². The second kappa shape index (κ2) is 7.45. The van der Waals surface area contributed by atoms with Gasteiger partial charge in [0, 0.05) is 29.9 Å². The molecule has 2 aromatic heterocycles. The molecule has 1 aromatic carbocycles. The van der Waals surface area contributed by atoms with Crippen molar-refractivity contribution in [3.63, 3.8) is 0 Å². The largest absolute Gasteiger partial charge is 0.477 e. The summed E-state index contributed by atoms with van der Waals surface area (Å²) in [5.41, 5.74) is 1.39. The number of hydrogen-bond donors (Lipinski definition) is 2. The fourth-order valence-corrected chi connectivity index (χ4v) is 2.82. The maximum atomic E-state index is 14.2. The molecule has 0 aliphatic rings. The van der Waals surface area contributed by atoms with E-state index in [0.29, 0.717) is 34.8 Å². The van der Waals surface area contributed by atoms with Gasteiger partial charge in [-0.15, -0.1) is 0 Å². The van der Waals surface area contributed by atoms with Gasteiger partial charge >= 0.3 is 5.97 Å². The van der Waals surface area contributed by atoms with Crippen LogP contribution in [0, 0.1) is 11.6 Å². The van der Waals surface area contributed by atoms with Crippen molar-refractivity contribution in [3.05, 3.63) is 59.7 Å². The highest BCUT2D eigenvalue weighted by atomic mass is 19.1. The van der Waals surface area contributed by atoms with Gasteiger partial charge in [-0.25, -0.2) is 28.5 Å². The van der Waals surface area contributed by atoms with Gasteiger partial charge in [-0.2, -0.15) is 0 Å². The molecule has 0 radical (unpaired) electrons. The number of rotatable bonds is 5. The Morgan fingerprint density at radius 2 is 1.81 bits per heavy atom. The summed E-state index contributed by atoms with van der Waals surface area (Å²) in [5, 5.41) is 11.9. The van der Waals surface area contributed by atoms with Crippen LogP contribution in [0.5, 0.6) is 0 Å². The minimum absolute atomic E-state index is 0.125. The second-order valence-electron chi connectivity index (χ2n) is 5.70. The van der Waals surface area contributed by atoms with E-state index in [-0.39, 0.29) is 5.56 Å². The fraction of sp³-hybridized carbons (Fsp3) is 0.158. The van der Waals surface area contributed by atoms with E-state index in [1.807, 2.05) is 6.92 Å². The van der Waals surface area contributed by atoms with Gasteiger partial charge in [0.1, 0.15) is 29.3 Å². The highest BCUT2D eigenvalue weighted by molar-refractivity contribution is 5.90. The van der Waals surface area contributed by atoms with Gasteiger partial charge in [-0.05, 0) is 30.7 Å². The molecular formula is C19H16F2N4O2. The molecule has 0 aliphatic heterocycles. The Labute approximate surface area is 154 Å². The predicted molar refractivity (Wildman–Crippen MR) is 96.5 cm³/mol. The lowest BCUT2D eigenvalue weighted by Gasteiger charge is -2.14. The first kappa shape index (κ1) is 18.4. The summed E-state index contributed by atoms with van der Waals surface area (Å²) in [6, 6.07) is 5.50. The molecule has 0 bridgehead atoms. The average molecular weight is 370 g/mol. The first-order valence-electron chi connectivity index (χ1n) is 8.17. The number of carbonyl (C=O) groups is 1. The van der Waals surface area contributed by atoms with Crippen molar-refractivity contribution in [1.82, 2.24) is 15.0 Å². The molecule has 0 atom stereocenters. The van der Waals surface area contributed by atoms with Crippen molar-refractivity contribution in [2.75, 3.05) is 12.4 Å². The quantitative estimate of drug-likeness (QED) is 0.711. The van der Waals surface area contributed by atoms with Gasteiger partial charge < -0.3 is 10.4 Å². The Morgan fingerprint density at radius 3 is 2.33 bits per heavy atom. The third kappa shape index (κ3) is 3.46. The molecule has 0 unspecified atom stereocenters. The van der Waals surface area contributed by atoms with Crippen LogP contribution in [0.2, 0.25) is 0 Å². The number of aromatic nitrogens is 3. The average Bonchev–Trinajstić information content (AvgIpc) is 2.66. The number of carboxylic acids is 1.